The fraction of sp³-hybridized carbons (Fsp3) is 0.667. The van der Waals surface area contributed by atoms with Crippen LogP contribution < -0.4 is 5.32 Å². The molecule has 1 atom stereocenters. The van der Waals surface area contributed by atoms with E-state index in [1.807, 2.05) is 6.92 Å². The molecule has 0 saturated carbocycles. The van der Waals surface area contributed by atoms with E-state index in [0.717, 1.165) is 19.5 Å². The SMILES string of the molecule is CC[C@H](C(=O)Nc1cc(C)on1)N1CCCC1. The first-order chi connectivity index (χ1) is 8.20. The summed E-state index contributed by atoms with van der Waals surface area (Å²) in [4.78, 5) is 14.3. The largest absolute Gasteiger partial charge is 0.360 e. The Morgan fingerprint density at radius 1 is 1.59 bits per heavy atom. The highest BCUT2D eigenvalue weighted by molar-refractivity contribution is 5.94. The number of anilines is 1. The number of aryl methyl sites for hydroxylation is 1. The quantitative estimate of drug-likeness (QED) is 0.867. The molecule has 1 saturated heterocycles. The van der Waals surface area contributed by atoms with Crippen LogP contribution in [-0.2, 0) is 4.79 Å². The van der Waals surface area contributed by atoms with Crippen LogP contribution >= 0.6 is 0 Å². The van der Waals surface area contributed by atoms with Crippen molar-refractivity contribution in [3.8, 4) is 0 Å². The van der Waals surface area contributed by atoms with Gasteiger partial charge in [0.05, 0.1) is 6.04 Å². The first-order valence-electron chi connectivity index (χ1n) is 6.19. The zero-order chi connectivity index (χ0) is 12.3. The van der Waals surface area contributed by atoms with Gasteiger partial charge in [0.2, 0.25) is 5.91 Å². The van der Waals surface area contributed by atoms with Crippen molar-refractivity contribution in [1.82, 2.24) is 10.1 Å². The Kier molecular flexibility index (Phi) is 3.78. The minimum atomic E-state index is -0.0468. The number of carbonyl (C=O) groups is 1. The molecule has 17 heavy (non-hydrogen) atoms. The van der Waals surface area contributed by atoms with Crippen LogP contribution in [0, 0.1) is 6.92 Å². The predicted molar refractivity (Wildman–Crippen MR) is 64.8 cm³/mol. The zero-order valence-corrected chi connectivity index (χ0v) is 10.4. The standard InChI is InChI=1S/C12H19N3O2/c1-3-10(15-6-4-5-7-15)12(16)13-11-8-9(2)17-14-11/h8,10H,3-7H2,1-2H3,(H,13,14,16)/t10-/m1/s1. The first kappa shape index (κ1) is 12.1. The molecule has 1 fully saturated rings. The normalized spacial score (nSPS) is 18.2. The Labute approximate surface area is 101 Å². The highest BCUT2D eigenvalue weighted by Crippen LogP contribution is 2.16. The number of carbonyl (C=O) groups excluding carboxylic acids is 1. The van der Waals surface area contributed by atoms with Crippen molar-refractivity contribution in [2.75, 3.05) is 18.4 Å². The fourth-order valence-corrected chi connectivity index (χ4v) is 2.30. The van der Waals surface area contributed by atoms with Crippen LogP contribution in [0.1, 0.15) is 31.9 Å². The van der Waals surface area contributed by atoms with E-state index in [9.17, 15) is 4.79 Å². The van der Waals surface area contributed by atoms with Crippen LogP contribution in [-0.4, -0.2) is 35.1 Å². The van der Waals surface area contributed by atoms with Gasteiger partial charge >= 0.3 is 0 Å². The average Bonchev–Trinajstić information content (AvgIpc) is 2.92. The lowest BCUT2D eigenvalue weighted by Crippen LogP contribution is -2.42. The molecule has 0 aliphatic carbocycles. The van der Waals surface area contributed by atoms with E-state index in [0.29, 0.717) is 11.6 Å². The molecule has 1 aliphatic heterocycles. The second-order valence-electron chi connectivity index (χ2n) is 4.48. The molecular formula is C12H19N3O2. The van der Waals surface area contributed by atoms with Gasteiger partial charge in [0, 0.05) is 6.07 Å². The maximum absolute atomic E-state index is 12.1. The van der Waals surface area contributed by atoms with Crippen molar-refractivity contribution in [1.29, 1.82) is 0 Å². The fourth-order valence-electron chi connectivity index (χ4n) is 2.30. The van der Waals surface area contributed by atoms with Gasteiger partial charge in [0.1, 0.15) is 5.76 Å². The number of hydrogen-bond donors (Lipinski definition) is 1. The Bertz CT molecular complexity index is 383. The maximum Gasteiger partial charge on any atom is 0.242 e. The molecule has 5 nitrogen and oxygen atoms in total. The van der Waals surface area contributed by atoms with E-state index in [-0.39, 0.29) is 11.9 Å². The van der Waals surface area contributed by atoms with Crippen molar-refractivity contribution in [2.24, 2.45) is 0 Å². The summed E-state index contributed by atoms with van der Waals surface area (Å²) in [6.07, 6.45) is 3.20. The summed E-state index contributed by atoms with van der Waals surface area (Å²) in [5, 5.41) is 6.58. The minimum absolute atomic E-state index is 0.0164. The minimum Gasteiger partial charge on any atom is -0.360 e. The average molecular weight is 237 g/mol. The Hall–Kier alpha value is -1.36. The van der Waals surface area contributed by atoms with E-state index in [1.54, 1.807) is 13.0 Å². The second kappa shape index (κ2) is 5.31. The van der Waals surface area contributed by atoms with Crippen LogP contribution in [0.2, 0.25) is 0 Å². The molecule has 0 radical (unpaired) electrons. The summed E-state index contributed by atoms with van der Waals surface area (Å²) in [6, 6.07) is 1.68. The number of rotatable bonds is 4. The molecule has 2 rings (SSSR count). The Morgan fingerprint density at radius 3 is 2.82 bits per heavy atom. The summed E-state index contributed by atoms with van der Waals surface area (Å²) >= 11 is 0. The number of aromatic nitrogens is 1. The van der Waals surface area contributed by atoms with Gasteiger partial charge in [0.15, 0.2) is 5.82 Å². The maximum atomic E-state index is 12.1. The van der Waals surface area contributed by atoms with Crippen molar-refractivity contribution in [3.63, 3.8) is 0 Å². The molecule has 0 spiro atoms. The third-order valence-corrected chi connectivity index (χ3v) is 3.15. The van der Waals surface area contributed by atoms with Gasteiger partial charge in [-0.3, -0.25) is 9.69 Å². The lowest BCUT2D eigenvalue weighted by Gasteiger charge is -2.24. The van der Waals surface area contributed by atoms with Crippen molar-refractivity contribution >= 4 is 11.7 Å². The summed E-state index contributed by atoms with van der Waals surface area (Å²) in [5.74, 6) is 1.22. The van der Waals surface area contributed by atoms with Crippen molar-refractivity contribution in [3.05, 3.63) is 11.8 Å². The Balaban J connectivity index is 1.97. The van der Waals surface area contributed by atoms with Gasteiger partial charge in [-0.1, -0.05) is 12.1 Å². The monoisotopic (exact) mass is 237 g/mol. The first-order valence-corrected chi connectivity index (χ1v) is 6.19. The summed E-state index contributed by atoms with van der Waals surface area (Å²) < 4.78 is 4.93. The molecule has 1 amide bonds. The molecule has 2 heterocycles. The zero-order valence-electron chi connectivity index (χ0n) is 10.4. The third-order valence-electron chi connectivity index (χ3n) is 3.15. The van der Waals surface area contributed by atoms with Crippen LogP contribution in [0.15, 0.2) is 10.6 Å². The number of hydrogen-bond acceptors (Lipinski definition) is 4. The van der Waals surface area contributed by atoms with E-state index < -0.39 is 0 Å². The van der Waals surface area contributed by atoms with Crippen LogP contribution in [0.5, 0.6) is 0 Å². The molecule has 1 aromatic heterocycles. The molecule has 1 aromatic rings. The van der Waals surface area contributed by atoms with Crippen LogP contribution in [0.4, 0.5) is 5.82 Å². The smallest absolute Gasteiger partial charge is 0.242 e. The van der Waals surface area contributed by atoms with Crippen molar-refractivity contribution < 1.29 is 9.32 Å². The van der Waals surface area contributed by atoms with Gasteiger partial charge in [0.25, 0.3) is 0 Å². The van der Waals surface area contributed by atoms with Gasteiger partial charge in [-0.25, -0.2) is 0 Å². The van der Waals surface area contributed by atoms with E-state index in [4.69, 9.17) is 4.52 Å². The number of likely N-dealkylation sites (tertiary alicyclic amines) is 1. The topological polar surface area (TPSA) is 58.4 Å². The van der Waals surface area contributed by atoms with Crippen LogP contribution in [0.3, 0.4) is 0 Å². The molecule has 0 aromatic carbocycles. The summed E-state index contributed by atoms with van der Waals surface area (Å²) in [7, 11) is 0. The lowest BCUT2D eigenvalue weighted by atomic mass is 10.2. The second-order valence-corrected chi connectivity index (χ2v) is 4.48. The lowest BCUT2D eigenvalue weighted by molar-refractivity contribution is -0.121. The van der Waals surface area contributed by atoms with Gasteiger partial charge in [-0.15, -0.1) is 0 Å². The van der Waals surface area contributed by atoms with Crippen molar-refractivity contribution in [2.45, 2.75) is 39.2 Å². The predicted octanol–water partition coefficient (Wildman–Crippen LogP) is 1.80. The van der Waals surface area contributed by atoms with Gasteiger partial charge < -0.3 is 9.84 Å². The molecule has 0 bridgehead atoms. The molecule has 1 N–H and O–H groups in total. The highest BCUT2D eigenvalue weighted by atomic mass is 16.5. The van der Waals surface area contributed by atoms with E-state index in [1.165, 1.54) is 12.8 Å². The summed E-state index contributed by atoms with van der Waals surface area (Å²) in [6.45, 7) is 5.88. The summed E-state index contributed by atoms with van der Waals surface area (Å²) in [5.41, 5.74) is 0. The van der Waals surface area contributed by atoms with E-state index >= 15 is 0 Å². The van der Waals surface area contributed by atoms with Crippen LogP contribution in [0.25, 0.3) is 0 Å². The molecule has 5 heteroatoms. The van der Waals surface area contributed by atoms with Gasteiger partial charge in [-0.2, -0.15) is 0 Å². The molecule has 0 unspecified atom stereocenters. The highest BCUT2D eigenvalue weighted by Gasteiger charge is 2.26. The molecular weight excluding hydrogens is 218 g/mol. The number of nitrogens with one attached hydrogen (secondary N) is 1. The third kappa shape index (κ3) is 2.85. The number of amides is 1. The van der Waals surface area contributed by atoms with E-state index in [2.05, 4.69) is 15.4 Å². The molecule has 94 valence electrons. The number of nitrogens with zero attached hydrogens (tertiary/aromatic N) is 2. The molecule has 1 aliphatic rings. The Morgan fingerprint density at radius 2 is 2.29 bits per heavy atom. The van der Waals surface area contributed by atoms with Gasteiger partial charge in [-0.05, 0) is 39.3 Å².